The number of aliphatic hydroxyl groups is 4. The van der Waals surface area contributed by atoms with Crippen molar-refractivity contribution in [1.29, 1.82) is 0 Å². The molecular weight excluding hydrogens is 955 g/mol. The number of methoxy groups -OCH3 is 3. The van der Waals surface area contributed by atoms with Crippen LogP contribution in [-0.2, 0) is 57.2 Å². The van der Waals surface area contributed by atoms with Gasteiger partial charge in [0.1, 0.15) is 29.8 Å². The molecule has 0 aromatic heterocycles. The number of Topliss-reactive ketones (excluding diaryl/α,β-unsaturated/α-hetero) is 3. The monoisotopic (exact) mass is 1040 g/mol. The average molecular weight is 1040 g/mol. The molecule has 1 aliphatic carbocycles. The van der Waals surface area contributed by atoms with Gasteiger partial charge in [0, 0.05) is 58.5 Å². The molecule has 0 aromatic carbocycles. The molecule has 2 bridgehead atoms. The van der Waals surface area contributed by atoms with Crippen LogP contribution in [0.1, 0.15) is 139 Å². The zero-order chi connectivity index (χ0) is 55.1. The topological polar surface area (TPSA) is 242 Å². The summed E-state index contributed by atoms with van der Waals surface area (Å²) in [5.74, 6) is -9.10. The highest BCUT2D eigenvalue weighted by Crippen LogP contribution is 2.38. The van der Waals surface area contributed by atoms with Crippen LogP contribution in [0, 0.1) is 40.9 Å². The fourth-order valence-corrected chi connectivity index (χ4v) is 10.7. The molecule has 4 N–H and O–H groups in total. The molecule has 17 heteroatoms. The fourth-order valence-electron chi connectivity index (χ4n) is 10.7. The predicted octanol–water partition coefficient (Wildman–Crippen LogP) is 6.11. The maximum absolute atomic E-state index is 14.6. The quantitative estimate of drug-likeness (QED) is 0.142. The number of ketones is 3. The van der Waals surface area contributed by atoms with E-state index in [4.69, 9.17) is 28.4 Å². The lowest BCUT2D eigenvalue weighted by Gasteiger charge is -2.42. The molecule has 1 saturated carbocycles. The van der Waals surface area contributed by atoms with Crippen molar-refractivity contribution in [3.63, 3.8) is 0 Å². The summed E-state index contributed by atoms with van der Waals surface area (Å²) < 4.78 is 35.5. The first-order valence-electron chi connectivity index (χ1n) is 26.9. The predicted molar refractivity (Wildman–Crippen MR) is 276 cm³/mol. The minimum atomic E-state index is -2.47. The van der Waals surface area contributed by atoms with Crippen molar-refractivity contribution in [2.75, 3.05) is 41.1 Å². The van der Waals surface area contributed by atoms with E-state index in [-0.39, 0.29) is 48.4 Å². The largest absolute Gasteiger partial charge is 0.460 e. The number of hydrogen-bond acceptors (Lipinski definition) is 16. The number of carbonyl (C=O) groups is 6. The van der Waals surface area contributed by atoms with E-state index in [1.54, 1.807) is 34.0 Å². The normalized spacial score (nSPS) is 35.7. The lowest BCUT2D eigenvalue weighted by Crippen LogP contribution is -2.61. The van der Waals surface area contributed by atoms with E-state index in [9.17, 15) is 49.2 Å². The van der Waals surface area contributed by atoms with Crippen LogP contribution < -0.4 is 0 Å². The summed E-state index contributed by atoms with van der Waals surface area (Å²) in [6.07, 6.45) is 10.8. The number of ether oxygens (including phenoxy) is 6. The average Bonchev–Trinajstić information content (AvgIpc) is 3.39. The SMILES string of the molecule is CO[C@H]1C[C@@H]2CC[C@@H](C)[C@@](O)(O2)C(=O)C(=O)N2CCCC[C@H]2C(=O)O[C@H]([C@H](C)C[C@@H]2CC[C@@H](OC(=O)C(C)(CO)CO)[C@H](OC)C2)CC(=O)/C(C)=C\C(C)[C@@H](O)[C@@H](OC)C(=O)[C@H](C)CC[C@H](C)C=CC=CC=C1C. The van der Waals surface area contributed by atoms with Crippen LogP contribution in [0.4, 0.5) is 0 Å². The third kappa shape index (κ3) is 16.3. The smallest absolute Gasteiger partial charge is 0.329 e. The van der Waals surface area contributed by atoms with Crippen molar-refractivity contribution in [1.82, 2.24) is 4.90 Å². The van der Waals surface area contributed by atoms with Crippen molar-refractivity contribution in [3.8, 4) is 0 Å². The van der Waals surface area contributed by atoms with Crippen LogP contribution in [0.3, 0.4) is 0 Å². The highest BCUT2D eigenvalue weighted by Gasteiger charge is 2.53. The molecule has 74 heavy (non-hydrogen) atoms. The van der Waals surface area contributed by atoms with E-state index in [0.717, 1.165) is 10.5 Å². The number of piperidine rings is 1. The molecule has 1 amide bonds. The first-order valence-corrected chi connectivity index (χ1v) is 26.9. The number of carbonyl (C=O) groups excluding carboxylic acids is 6. The number of cyclic esters (lactones) is 1. The molecule has 3 fully saturated rings. The molecule has 1 unspecified atom stereocenters. The van der Waals surface area contributed by atoms with E-state index in [2.05, 4.69) is 6.92 Å². The van der Waals surface area contributed by atoms with Crippen LogP contribution in [0.2, 0.25) is 0 Å². The van der Waals surface area contributed by atoms with E-state index in [1.807, 2.05) is 51.2 Å². The Morgan fingerprint density at radius 3 is 2.22 bits per heavy atom. The molecule has 0 radical (unpaired) electrons. The molecule has 17 nitrogen and oxygen atoms in total. The Morgan fingerprint density at radius 2 is 1.57 bits per heavy atom. The molecule has 418 valence electrons. The van der Waals surface area contributed by atoms with Gasteiger partial charge in [0.15, 0.2) is 11.6 Å². The van der Waals surface area contributed by atoms with Gasteiger partial charge < -0.3 is 53.7 Å². The molecular formula is C57H89NO16. The van der Waals surface area contributed by atoms with Crippen LogP contribution in [0.25, 0.3) is 0 Å². The maximum atomic E-state index is 14.6. The Morgan fingerprint density at radius 1 is 0.865 bits per heavy atom. The second kappa shape index (κ2) is 29.0. The van der Waals surface area contributed by atoms with Crippen LogP contribution >= 0.6 is 0 Å². The van der Waals surface area contributed by atoms with Gasteiger partial charge in [-0.2, -0.15) is 0 Å². The Hall–Kier alpha value is -3.94. The molecule has 2 saturated heterocycles. The van der Waals surface area contributed by atoms with Gasteiger partial charge in [-0.05, 0) is 120 Å². The second-order valence-electron chi connectivity index (χ2n) is 22.2. The number of nitrogens with zero attached hydrogens (tertiary/aromatic N) is 1. The summed E-state index contributed by atoms with van der Waals surface area (Å²) in [7, 11) is 4.45. The second-order valence-corrected chi connectivity index (χ2v) is 22.2. The first kappa shape index (κ1) is 62.6. The Balaban J connectivity index is 1.69. The number of amides is 1. The highest BCUT2D eigenvalue weighted by atomic mass is 16.6. The third-order valence-electron chi connectivity index (χ3n) is 16.2. The molecule has 0 spiro atoms. The Bertz CT molecular complexity index is 2030. The van der Waals surface area contributed by atoms with Gasteiger partial charge in [-0.3, -0.25) is 24.0 Å². The maximum Gasteiger partial charge on any atom is 0.329 e. The summed E-state index contributed by atoms with van der Waals surface area (Å²) in [5, 5.41) is 43.1. The van der Waals surface area contributed by atoms with Crippen molar-refractivity contribution in [2.45, 2.75) is 193 Å². The first-order chi connectivity index (χ1) is 35.0. The lowest BCUT2D eigenvalue weighted by atomic mass is 9.78. The number of esters is 2. The summed E-state index contributed by atoms with van der Waals surface area (Å²) in [6, 6.07) is -1.20. The van der Waals surface area contributed by atoms with Crippen LogP contribution in [0.5, 0.6) is 0 Å². The van der Waals surface area contributed by atoms with Crippen LogP contribution in [0.15, 0.2) is 47.6 Å². The summed E-state index contributed by atoms with van der Waals surface area (Å²) in [4.78, 5) is 85.4. The van der Waals surface area contributed by atoms with Crippen molar-refractivity contribution in [2.24, 2.45) is 40.9 Å². The van der Waals surface area contributed by atoms with E-state index >= 15 is 0 Å². The molecule has 15 atom stereocenters. The number of hydrogen-bond donors (Lipinski definition) is 4. The van der Waals surface area contributed by atoms with E-state index in [1.165, 1.54) is 21.1 Å². The lowest BCUT2D eigenvalue weighted by molar-refractivity contribution is -0.265. The fraction of sp³-hybridized carbons (Fsp3) is 0.754. The van der Waals surface area contributed by atoms with Crippen molar-refractivity contribution in [3.05, 3.63) is 47.6 Å². The van der Waals surface area contributed by atoms with E-state index < -0.39 is 120 Å². The van der Waals surface area contributed by atoms with Gasteiger partial charge in [-0.1, -0.05) is 71.1 Å². The number of fused-ring (bicyclic) bond motifs is 3. The van der Waals surface area contributed by atoms with Gasteiger partial charge in [0.2, 0.25) is 5.79 Å². The number of rotatable bonds is 10. The van der Waals surface area contributed by atoms with Gasteiger partial charge in [0.05, 0.1) is 37.6 Å². The Kier molecular flexibility index (Phi) is 24.5. The molecule has 4 rings (SSSR count). The van der Waals surface area contributed by atoms with Crippen LogP contribution in [-0.4, -0.2) is 156 Å². The standard InChI is InChI=1S/C57H89NO16/c1-34-17-13-12-14-18-35(2)46(69-9)30-42-24-22-40(7)57(68,74-42)52(64)53(65)58-26-16-15-19-43(58)54(66)72-47(31-44(61)37(4)27-39(6)50(63)51(71-11)49(62)36(3)21-20-34)38(5)28-41-23-25-45(48(29-41)70-10)73-55(67)56(8,32-59)33-60/h12-14,17-18,27,34,36,38-43,45-48,50-51,59-60,63,68H,15-16,19-26,28-33H2,1-11H3/b14-12?,17-13?,35-18?,37-27-/t34-,36-,38-,39?,40-,41+,42+,43+,45-,46+,47+,48-,50-,51+,57-/m1/s1. The van der Waals surface area contributed by atoms with Gasteiger partial charge in [0.25, 0.3) is 11.7 Å². The van der Waals surface area contributed by atoms with Crippen molar-refractivity contribution < 1.29 is 77.6 Å². The molecule has 4 aliphatic rings. The summed E-state index contributed by atoms with van der Waals surface area (Å²) >= 11 is 0. The third-order valence-corrected chi connectivity index (χ3v) is 16.2. The molecule has 3 heterocycles. The summed E-state index contributed by atoms with van der Waals surface area (Å²) in [5.41, 5.74) is -0.345. The van der Waals surface area contributed by atoms with Gasteiger partial charge >= 0.3 is 11.9 Å². The Labute approximate surface area is 439 Å². The number of aliphatic hydroxyl groups excluding tert-OH is 3. The minimum Gasteiger partial charge on any atom is -0.460 e. The zero-order valence-electron chi connectivity index (χ0n) is 46.0. The zero-order valence-corrected chi connectivity index (χ0v) is 46.0. The van der Waals surface area contributed by atoms with E-state index in [0.29, 0.717) is 70.6 Å². The highest BCUT2D eigenvalue weighted by molar-refractivity contribution is 6.39. The summed E-state index contributed by atoms with van der Waals surface area (Å²) in [6.45, 7) is 12.9. The number of allylic oxidation sites excluding steroid dienone is 6. The van der Waals surface area contributed by atoms with Gasteiger partial charge in [-0.25, -0.2) is 4.79 Å². The van der Waals surface area contributed by atoms with Crippen molar-refractivity contribution >= 4 is 35.2 Å². The molecule has 3 aliphatic heterocycles. The molecule has 0 aromatic rings. The minimum absolute atomic E-state index is 0.0409. The van der Waals surface area contributed by atoms with Gasteiger partial charge in [-0.15, -0.1) is 0 Å².